The third-order valence-corrected chi connectivity index (χ3v) is 5.82. The van der Waals surface area contributed by atoms with Gasteiger partial charge in [0.25, 0.3) is 0 Å². The Morgan fingerprint density at radius 3 is 2.65 bits per heavy atom. The van der Waals surface area contributed by atoms with Crippen molar-refractivity contribution in [2.24, 2.45) is 0 Å². The molecule has 188 valence electrons. The second-order valence-electron chi connectivity index (χ2n) is 10.1. The molecule has 8 nitrogen and oxygen atoms in total. The van der Waals surface area contributed by atoms with E-state index >= 15 is 0 Å². The number of carbonyl (C=O) groups is 1. The third-order valence-electron chi connectivity index (χ3n) is 5.82. The maximum Gasteiger partial charge on any atom is 0.411 e. The quantitative estimate of drug-likeness (QED) is 0.434. The summed E-state index contributed by atoms with van der Waals surface area (Å²) in [5.74, 6) is 1.58. The van der Waals surface area contributed by atoms with Crippen molar-refractivity contribution in [1.29, 1.82) is 0 Å². The van der Waals surface area contributed by atoms with Crippen molar-refractivity contribution in [3.8, 4) is 17.1 Å². The van der Waals surface area contributed by atoms with Crippen LogP contribution in [0.3, 0.4) is 0 Å². The van der Waals surface area contributed by atoms with Crippen molar-refractivity contribution in [2.75, 3.05) is 13.2 Å². The number of carbonyl (C=O) groups excluding carboxylic acids is 1. The highest BCUT2D eigenvalue weighted by Gasteiger charge is 2.40. The Labute approximate surface area is 202 Å². The highest BCUT2D eigenvalue weighted by molar-refractivity contribution is 5.69. The molecule has 1 aromatic carbocycles. The molecule has 0 unspecified atom stereocenters. The lowest BCUT2D eigenvalue weighted by Crippen LogP contribution is -2.37. The molecule has 1 aromatic heterocycles. The van der Waals surface area contributed by atoms with Gasteiger partial charge in [-0.15, -0.1) is 0 Å². The van der Waals surface area contributed by atoms with E-state index in [1.54, 1.807) is 20.8 Å². The van der Waals surface area contributed by atoms with Crippen LogP contribution in [0.15, 0.2) is 22.7 Å². The van der Waals surface area contributed by atoms with Crippen LogP contribution in [0.5, 0.6) is 5.75 Å². The minimum Gasteiger partial charge on any atom is -0.493 e. The second kappa shape index (κ2) is 11.7. The number of ether oxygens (including phenoxy) is 2. The molecule has 8 heteroatoms. The summed E-state index contributed by atoms with van der Waals surface area (Å²) in [6.07, 6.45) is 6.53. The summed E-state index contributed by atoms with van der Waals surface area (Å²) in [5.41, 5.74) is 1.18. The molecule has 0 aliphatic carbocycles. The highest BCUT2D eigenvalue weighted by atomic mass is 16.6. The van der Waals surface area contributed by atoms with Gasteiger partial charge in [0.15, 0.2) is 0 Å². The molecule has 34 heavy (non-hydrogen) atoms. The molecule has 2 atom stereocenters. The number of rotatable bonds is 10. The predicted molar refractivity (Wildman–Crippen MR) is 130 cm³/mol. The number of β-amino-alcohol motifs (C(OH)–C–C–N with tert-alkyl or cyclic N) is 1. The number of aliphatic hydroxyl groups excluding tert-OH is 1. The average Bonchev–Trinajstić information content (AvgIpc) is 3.39. The summed E-state index contributed by atoms with van der Waals surface area (Å²) >= 11 is 0. The van der Waals surface area contributed by atoms with Gasteiger partial charge in [0.1, 0.15) is 17.4 Å². The second-order valence-corrected chi connectivity index (χ2v) is 10.1. The minimum absolute atomic E-state index is 0.168. The molecule has 1 aliphatic heterocycles. The maximum absolute atomic E-state index is 12.6. The lowest BCUT2D eigenvalue weighted by atomic mass is 10.1. The topological polar surface area (TPSA) is 97.9 Å². The Morgan fingerprint density at radius 1 is 1.21 bits per heavy atom. The number of hydrogen-bond donors (Lipinski definition) is 1. The van der Waals surface area contributed by atoms with Crippen LogP contribution in [0.1, 0.15) is 90.1 Å². The standard InChI is InChI=1S/C26H39N3O5/c1-6-7-8-9-10-11-14-32-22-13-12-19(15-18(22)2)23-27-24(34-28-23)21-16-20(30)17-29(21)25(31)33-26(3,4)5/h12-13,15,20-21,30H,6-11,14,16-17H2,1-5H3/t20-,21+/m1/s1. The molecular weight excluding hydrogens is 434 g/mol. The van der Waals surface area contributed by atoms with E-state index in [0.29, 0.717) is 24.7 Å². The number of aliphatic hydroxyl groups is 1. The highest BCUT2D eigenvalue weighted by Crippen LogP contribution is 2.34. The van der Waals surface area contributed by atoms with Gasteiger partial charge in [-0.05, 0) is 57.9 Å². The number of likely N-dealkylation sites (tertiary alicyclic amines) is 1. The molecular formula is C26H39N3O5. The van der Waals surface area contributed by atoms with Crippen LogP contribution in [0.4, 0.5) is 4.79 Å². The molecule has 0 radical (unpaired) electrons. The number of amides is 1. The molecule has 0 saturated carbocycles. The molecule has 3 rings (SSSR count). The van der Waals surface area contributed by atoms with Gasteiger partial charge in [0.05, 0.1) is 19.3 Å². The van der Waals surface area contributed by atoms with Crippen molar-refractivity contribution >= 4 is 6.09 Å². The van der Waals surface area contributed by atoms with Gasteiger partial charge >= 0.3 is 6.09 Å². The molecule has 1 amide bonds. The van der Waals surface area contributed by atoms with E-state index in [1.807, 2.05) is 25.1 Å². The molecule has 0 bridgehead atoms. The van der Waals surface area contributed by atoms with Gasteiger partial charge in [0, 0.05) is 12.0 Å². The van der Waals surface area contributed by atoms with Gasteiger partial charge in [-0.2, -0.15) is 4.98 Å². The van der Waals surface area contributed by atoms with Crippen LogP contribution in [-0.2, 0) is 4.74 Å². The first-order valence-electron chi connectivity index (χ1n) is 12.4. The van der Waals surface area contributed by atoms with E-state index in [9.17, 15) is 9.90 Å². The number of unbranched alkanes of at least 4 members (excludes halogenated alkanes) is 5. The zero-order chi connectivity index (χ0) is 24.7. The fourth-order valence-corrected chi connectivity index (χ4v) is 4.07. The van der Waals surface area contributed by atoms with E-state index in [-0.39, 0.29) is 6.54 Å². The molecule has 1 fully saturated rings. The summed E-state index contributed by atoms with van der Waals surface area (Å²) < 4.78 is 16.9. The molecule has 1 aliphatic rings. The molecule has 1 N–H and O–H groups in total. The molecule has 2 aromatic rings. The Morgan fingerprint density at radius 2 is 1.94 bits per heavy atom. The smallest absolute Gasteiger partial charge is 0.411 e. The largest absolute Gasteiger partial charge is 0.493 e. The number of aryl methyl sites for hydroxylation is 1. The third kappa shape index (κ3) is 7.19. The lowest BCUT2D eigenvalue weighted by molar-refractivity contribution is 0.0184. The number of hydrogen-bond acceptors (Lipinski definition) is 7. The van der Waals surface area contributed by atoms with E-state index in [2.05, 4.69) is 17.1 Å². The summed E-state index contributed by atoms with van der Waals surface area (Å²) in [5, 5.41) is 14.3. The van der Waals surface area contributed by atoms with E-state index in [1.165, 1.54) is 37.0 Å². The first-order chi connectivity index (χ1) is 16.2. The van der Waals surface area contributed by atoms with Crippen molar-refractivity contribution in [3.63, 3.8) is 0 Å². The number of aromatic nitrogens is 2. The molecule has 2 heterocycles. The van der Waals surface area contributed by atoms with Gasteiger partial charge in [-0.25, -0.2) is 4.79 Å². The fraction of sp³-hybridized carbons (Fsp3) is 0.654. The van der Waals surface area contributed by atoms with Gasteiger partial charge < -0.3 is 19.1 Å². The van der Waals surface area contributed by atoms with Gasteiger partial charge in [0.2, 0.25) is 11.7 Å². The van der Waals surface area contributed by atoms with Crippen LogP contribution in [0.25, 0.3) is 11.4 Å². The van der Waals surface area contributed by atoms with Crippen LogP contribution < -0.4 is 4.74 Å². The van der Waals surface area contributed by atoms with Gasteiger partial charge in [-0.3, -0.25) is 4.90 Å². The van der Waals surface area contributed by atoms with Crippen molar-refractivity contribution < 1.29 is 23.9 Å². The first-order valence-corrected chi connectivity index (χ1v) is 12.4. The summed E-state index contributed by atoms with van der Waals surface area (Å²) in [6.45, 7) is 10.5. The van der Waals surface area contributed by atoms with Crippen molar-refractivity contribution in [2.45, 2.75) is 97.3 Å². The zero-order valence-corrected chi connectivity index (χ0v) is 21.2. The summed E-state index contributed by atoms with van der Waals surface area (Å²) in [4.78, 5) is 18.6. The van der Waals surface area contributed by atoms with E-state index < -0.39 is 23.8 Å². The Bertz CT molecular complexity index is 937. The van der Waals surface area contributed by atoms with Crippen LogP contribution in [0.2, 0.25) is 0 Å². The normalized spacial score (nSPS) is 18.4. The maximum atomic E-state index is 12.6. The van der Waals surface area contributed by atoms with Crippen LogP contribution in [-0.4, -0.2) is 51.1 Å². The summed E-state index contributed by atoms with van der Waals surface area (Å²) in [6, 6.07) is 5.30. The van der Waals surface area contributed by atoms with Crippen LogP contribution >= 0.6 is 0 Å². The van der Waals surface area contributed by atoms with Crippen molar-refractivity contribution in [1.82, 2.24) is 15.0 Å². The number of nitrogens with zero attached hydrogens (tertiary/aromatic N) is 3. The zero-order valence-electron chi connectivity index (χ0n) is 21.2. The Hall–Kier alpha value is -2.61. The lowest BCUT2D eigenvalue weighted by Gasteiger charge is -2.26. The first kappa shape index (κ1) is 26.0. The van der Waals surface area contributed by atoms with Crippen molar-refractivity contribution in [3.05, 3.63) is 29.7 Å². The van der Waals surface area contributed by atoms with E-state index in [0.717, 1.165) is 23.3 Å². The molecule has 1 saturated heterocycles. The fourth-order valence-electron chi connectivity index (χ4n) is 4.07. The Balaban J connectivity index is 1.61. The molecule has 0 spiro atoms. The minimum atomic E-state index is -0.668. The number of benzene rings is 1. The average molecular weight is 474 g/mol. The predicted octanol–water partition coefficient (Wildman–Crippen LogP) is 5.83. The van der Waals surface area contributed by atoms with Gasteiger partial charge in [-0.1, -0.05) is 44.2 Å². The SMILES string of the molecule is CCCCCCCCOc1ccc(-c2noc([C@@H]3C[C@@H](O)CN3C(=O)OC(C)(C)C)n2)cc1C. The summed E-state index contributed by atoms with van der Waals surface area (Å²) in [7, 11) is 0. The van der Waals surface area contributed by atoms with Crippen LogP contribution in [0, 0.1) is 6.92 Å². The Kier molecular flexibility index (Phi) is 8.94. The van der Waals surface area contributed by atoms with E-state index in [4.69, 9.17) is 14.0 Å². The monoisotopic (exact) mass is 473 g/mol.